The van der Waals surface area contributed by atoms with E-state index in [2.05, 4.69) is 44.9 Å². The van der Waals surface area contributed by atoms with Crippen LogP contribution in [0.2, 0.25) is 0 Å². The summed E-state index contributed by atoms with van der Waals surface area (Å²) in [6, 6.07) is 7.75. The van der Waals surface area contributed by atoms with Crippen LogP contribution in [0.1, 0.15) is 103 Å². The maximum Gasteiger partial charge on any atom is 0.163 e. The van der Waals surface area contributed by atoms with Crippen LogP contribution in [-0.2, 0) is 27.5 Å². The molecule has 0 fully saturated rings. The van der Waals surface area contributed by atoms with Gasteiger partial charge in [0.05, 0.1) is 12.1 Å². The number of Topliss-reactive ketones (excluding diaryl/α,β-unsaturated/α-hetero) is 2. The average Bonchev–Trinajstić information content (AvgIpc) is 3.30. The van der Waals surface area contributed by atoms with E-state index >= 15 is 0 Å². The topological polar surface area (TPSA) is 83.3 Å². The molecular weight excluding hydrogens is 490 g/mol. The smallest absolute Gasteiger partial charge is 0.163 e. The zero-order valence-electron chi connectivity index (χ0n) is 24.0. The van der Waals surface area contributed by atoms with Gasteiger partial charge in [0.1, 0.15) is 29.6 Å². The molecule has 39 heavy (non-hydrogen) atoms. The maximum atomic E-state index is 13.6. The Kier molecular flexibility index (Phi) is 7.53. The first-order valence-corrected chi connectivity index (χ1v) is 14.4. The van der Waals surface area contributed by atoms with Crippen LogP contribution in [0, 0.1) is 10.8 Å². The van der Waals surface area contributed by atoms with E-state index in [1.807, 2.05) is 35.1 Å². The lowest BCUT2D eigenvalue weighted by atomic mass is 9.65. The molecule has 7 heteroatoms. The third-order valence-corrected chi connectivity index (χ3v) is 8.01. The highest BCUT2D eigenvalue weighted by Gasteiger charge is 2.48. The van der Waals surface area contributed by atoms with Crippen LogP contribution in [-0.4, -0.2) is 26.6 Å². The Labute approximate surface area is 231 Å². The number of ketones is 2. The third-order valence-electron chi connectivity index (χ3n) is 8.01. The molecule has 2 heterocycles. The summed E-state index contributed by atoms with van der Waals surface area (Å²) >= 11 is 0. The number of carbonyl (C=O) groups is 2. The summed E-state index contributed by atoms with van der Waals surface area (Å²) in [5, 5.41) is 8.56. The van der Waals surface area contributed by atoms with Gasteiger partial charge in [0.25, 0.3) is 0 Å². The van der Waals surface area contributed by atoms with Gasteiger partial charge in [-0.25, -0.2) is 0 Å². The number of aryl methyl sites for hydroxylation is 1. The lowest BCUT2D eigenvalue weighted by molar-refractivity contribution is -0.120. The predicted molar refractivity (Wildman–Crippen MR) is 149 cm³/mol. The summed E-state index contributed by atoms with van der Waals surface area (Å²) < 4.78 is 14.6. The monoisotopic (exact) mass is 531 g/mol. The van der Waals surface area contributed by atoms with E-state index < -0.39 is 5.92 Å². The summed E-state index contributed by atoms with van der Waals surface area (Å²) in [6.45, 7) is 11.7. The highest BCUT2D eigenvalue weighted by molar-refractivity contribution is 6.06. The van der Waals surface area contributed by atoms with Crippen molar-refractivity contribution in [3.8, 4) is 5.75 Å². The number of ether oxygens (including phenoxy) is 2. The number of carbonyl (C=O) groups excluding carboxylic acids is 2. The second-order valence-electron chi connectivity index (χ2n) is 13.0. The van der Waals surface area contributed by atoms with E-state index in [0.29, 0.717) is 54.1 Å². The van der Waals surface area contributed by atoms with E-state index in [4.69, 9.17) is 9.47 Å². The normalized spacial score (nSPS) is 20.5. The van der Waals surface area contributed by atoms with Crippen LogP contribution in [0.25, 0.3) is 0 Å². The zero-order valence-corrected chi connectivity index (χ0v) is 24.0. The molecule has 0 atom stereocenters. The van der Waals surface area contributed by atoms with Crippen molar-refractivity contribution >= 4 is 11.6 Å². The minimum Gasteiger partial charge on any atom is -0.487 e. The molecule has 1 aromatic heterocycles. The van der Waals surface area contributed by atoms with Crippen LogP contribution < -0.4 is 4.74 Å². The quantitative estimate of drug-likeness (QED) is 0.330. The fourth-order valence-electron chi connectivity index (χ4n) is 6.20. The van der Waals surface area contributed by atoms with E-state index in [1.165, 1.54) is 19.3 Å². The Balaban J connectivity index is 1.46. The van der Waals surface area contributed by atoms with E-state index in [-0.39, 0.29) is 29.0 Å². The first kappa shape index (κ1) is 27.4. The van der Waals surface area contributed by atoms with Crippen LogP contribution >= 0.6 is 0 Å². The van der Waals surface area contributed by atoms with Gasteiger partial charge in [0.15, 0.2) is 11.6 Å². The highest BCUT2D eigenvalue weighted by Crippen LogP contribution is 2.54. The number of allylic oxidation sites excluding steroid dienone is 4. The Hall–Kier alpha value is -3.22. The SMILES string of the molecule is CCCCCCn1cc(COc2ccccc2C2C3=C(CC(C)(C)CC3=O)OC3=C2C(=O)CC(C)(C)C3)nn1. The molecule has 0 saturated carbocycles. The Morgan fingerprint density at radius 3 is 2.21 bits per heavy atom. The largest absolute Gasteiger partial charge is 0.487 e. The van der Waals surface area contributed by atoms with Crippen molar-refractivity contribution in [1.29, 1.82) is 0 Å². The minimum absolute atomic E-state index is 0.0521. The third kappa shape index (κ3) is 5.87. The second kappa shape index (κ2) is 10.7. The predicted octanol–water partition coefficient (Wildman–Crippen LogP) is 6.84. The van der Waals surface area contributed by atoms with Gasteiger partial charge in [-0.3, -0.25) is 14.3 Å². The number of aromatic nitrogens is 3. The fourth-order valence-corrected chi connectivity index (χ4v) is 6.20. The number of para-hydroxylation sites is 1. The van der Waals surface area contributed by atoms with Gasteiger partial charge >= 0.3 is 0 Å². The molecule has 7 nitrogen and oxygen atoms in total. The lowest BCUT2D eigenvalue weighted by Crippen LogP contribution is -2.37. The Morgan fingerprint density at radius 1 is 0.923 bits per heavy atom. The highest BCUT2D eigenvalue weighted by atomic mass is 16.5. The standard InChI is InChI=1S/C32H41N3O4/c1-6-7-8-11-14-35-19-21(33-34-35)20-38-25-13-10-9-12-22(25)28-29-23(36)15-31(2,3)17-26(29)39-27-18-32(4,5)16-24(37)30(27)28/h9-10,12-13,19,28H,6-8,11,14-18,20H2,1-5H3. The maximum absolute atomic E-state index is 13.6. The van der Waals surface area contributed by atoms with Crippen LogP contribution in [0.4, 0.5) is 0 Å². The van der Waals surface area contributed by atoms with E-state index in [1.54, 1.807) is 0 Å². The van der Waals surface area contributed by atoms with Crippen LogP contribution in [0.3, 0.4) is 0 Å². The molecule has 0 unspecified atom stereocenters. The summed E-state index contributed by atoms with van der Waals surface area (Å²) in [5.74, 6) is 1.70. The van der Waals surface area contributed by atoms with Gasteiger partial charge in [-0.2, -0.15) is 0 Å². The van der Waals surface area contributed by atoms with Gasteiger partial charge in [0, 0.05) is 48.9 Å². The fraction of sp³-hybridized carbons (Fsp3) is 0.562. The van der Waals surface area contributed by atoms with Gasteiger partial charge in [-0.15, -0.1) is 5.10 Å². The number of nitrogens with zero attached hydrogens (tertiary/aromatic N) is 3. The summed E-state index contributed by atoms with van der Waals surface area (Å²) in [4.78, 5) is 27.2. The first-order chi connectivity index (χ1) is 18.6. The number of hydrogen-bond acceptors (Lipinski definition) is 6. The number of unbranched alkanes of at least 4 members (excludes halogenated alkanes) is 3. The lowest BCUT2D eigenvalue weighted by Gasteiger charge is -2.43. The summed E-state index contributed by atoms with van der Waals surface area (Å²) in [6.07, 6.45) is 8.81. The van der Waals surface area contributed by atoms with E-state index in [0.717, 1.165) is 24.2 Å². The number of rotatable bonds is 9. The molecule has 3 aliphatic rings. The minimum atomic E-state index is -0.485. The first-order valence-electron chi connectivity index (χ1n) is 14.4. The zero-order chi connectivity index (χ0) is 27.8. The van der Waals surface area contributed by atoms with Crippen molar-refractivity contribution in [2.24, 2.45) is 10.8 Å². The van der Waals surface area contributed by atoms with E-state index in [9.17, 15) is 9.59 Å². The van der Waals surface area contributed by atoms with Crippen molar-refractivity contribution in [3.63, 3.8) is 0 Å². The molecule has 0 amide bonds. The van der Waals surface area contributed by atoms with Crippen molar-refractivity contribution in [3.05, 3.63) is 64.4 Å². The van der Waals surface area contributed by atoms with Crippen molar-refractivity contribution in [2.75, 3.05) is 0 Å². The molecule has 0 bridgehead atoms. The van der Waals surface area contributed by atoms with Gasteiger partial charge in [-0.1, -0.05) is 77.3 Å². The van der Waals surface area contributed by atoms with Crippen molar-refractivity contribution in [1.82, 2.24) is 15.0 Å². The molecule has 1 aliphatic heterocycles. The summed E-state index contributed by atoms with van der Waals surface area (Å²) in [7, 11) is 0. The van der Waals surface area contributed by atoms with Crippen molar-refractivity contribution < 1.29 is 19.1 Å². The molecule has 5 rings (SSSR count). The average molecular weight is 532 g/mol. The summed E-state index contributed by atoms with van der Waals surface area (Å²) in [5.41, 5.74) is 2.44. The molecule has 0 N–H and O–H groups in total. The molecule has 1 aromatic carbocycles. The molecule has 208 valence electrons. The molecule has 0 saturated heterocycles. The van der Waals surface area contributed by atoms with Gasteiger partial charge in [0.2, 0.25) is 0 Å². The number of hydrogen-bond donors (Lipinski definition) is 0. The molecule has 2 aliphatic carbocycles. The van der Waals surface area contributed by atoms with Crippen LogP contribution in [0.15, 0.2) is 53.1 Å². The van der Waals surface area contributed by atoms with Gasteiger partial charge in [-0.05, 0) is 23.3 Å². The Bertz CT molecular complexity index is 1280. The Morgan fingerprint density at radius 2 is 1.56 bits per heavy atom. The molecular formula is C32H41N3O4. The number of benzene rings is 1. The van der Waals surface area contributed by atoms with Crippen molar-refractivity contribution in [2.45, 2.75) is 105 Å². The molecule has 2 aromatic rings. The van der Waals surface area contributed by atoms with Crippen LogP contribution in [0.5, 0.6) is 5.75 Å². The molecule has 0 radical (unpaired) electrons. The second-order valence-corrected chi connectivity index (χ2v) is 13.0. The van der Waals surface area contributed by atoms with Gasteiger partial charge < -0.3 is 9.47 Å². The molecule has 0 spiro atoms.